The molecule has 0 fully saturated rings. The Morgan fingerprint density at radius 2 is 1.15 bits per heavy atom. The summed E-state index contributed by atoms with van der Waals surface area (Å²) in [6.45, 7) is 2.15. The molecule has 26 heavy (non-hydrogen) atoms. The molecule has 0 saturated carbocycles. The average molecular weight is 340 g/mol. The van der Waals surface area contributed by atoms with Crippen molar-refractivity contribution < 1.29 is 9.47 Å². The first-order chi connectivity index (χ1) is 12.8. The largest absolute Gasteiger partial charge is 0.454 e. The van der Waals surface area contributed by atoms with Crippen LogP contribution in [0.3, 0.4) is 0 Å². The number of ether oxygens (including phenoxy) is 2. The molecule has 0 spiro atoms. The standard InChI is InChI=1S/C24H20O2/c1-2-7-22-25-20-14-12-16-8-3-5-10-18(16)23(20)24-19-11-6-4-9-17(19)13-15-21(24)26-22/h3-6,8-15,22H,2,7H2,1H3. The van der Waals surface area contributed by atoms with Gasteiger partial charge < -0.3 is 9.47 Å². The monoisotopic (exact) mass is 340 g/mol. The molecule has 2 heteroatoms. The minimum absolute atomic E-state index is 0.262. The Bertz CT molecular complexity index is 1030. The second-order valence-corrected chi connectivity index (χ2v) is 6.77. The van der Waals surface area contributed by atoms with Crippen molar-refractivity contribution in [1.82, 2.24) is 0 Å². The maximum absolute atomic E-state index is 6.31. The number of hydrogen-bond donors (Lipinski definition) is 0. The van der Waals surface area contributed by atoms with Crippen LogP contribution >= 0.6 is 0 Å². The lowest BCUT2D eigenvalue weighted by Crippen LogP contribution is -2.22. The highest BCUT2D eigenvalue weighted by Gasteiger charge is 2.26. The van der Waals surface area contributed by atoms with Crippen LogP contribution in [0, 0.1) is 0 Å². The lowest BCUT2D eigenvalue weighted by molar-refractivity contribution is 0.00270. The SMILES string of the molecule is CCCC1Oc2ccc3ccccc3c2-c2c(ccc3ccccc23)O1. The predicted molar refractivity (Wildman–Crippen MR) is 107 cm³/mol. The molecule has 1 aliphatic rings. The molecule has 0 radical (unpaired) electrons. The molecule has 0 aliphatic carbocycles. The lowest BCUT2D eigenvalue weighted by Gasteiger charge is -2.18. The summed E-state index contributed by atoms with van der Waals surface area (Å²) >= 11 is 0. The zero-order valence-electron chi connectivity index (χ0n) is 14.7. The van der Waals surface area contributed by atoms with Crippen LogP contribution in [0.15, 0.2) is 72.8 Å². The van der Waals surface area contributed by atoms with Crippen molar-refractivity contribution in [2.75, 3.05) is 0 Å². The Morgan fingerprint density at radius 1 is 0.654 bits per heavy atom. The average Bonchev–Trinajstić information content (AvgIpc) is 2.84. The van der Waals surface area contributed by atoms with Gasteiger partial charge in [-0.1, -0.05) is 67.6 Å². The second kappa shape index (κ2) is 6.06. The highest BCUT2D eigenvalue weighted by Crippen LogP contribution is 2.47. The maximum Gasteiger partial charge on any atom is 0.241 e. The number of rotatable bonds is 2. The molecule has 1 heterocycles. The molecule has 0 aromatic heterocycles. The Kier molecular flexibility index (Phi) is 3.56. The molecule has 128 valence electrons. The van der Waals surface area contributed by atoms with Gasteiger partial charge in [-0.25, -0.2) is 0 Å². The molecule has 0 bridgehead atoms. The van der Waals surface area contributed by atoms with Gasteiger partial charge in [0.25, 0.3) is 0 Å². The van der Waals surface area contributed by atoms with Gasteiger partial charge in [0, 0.05) is 17.5 Å². The first-order valence-corrected chi connectivity index (χ1v) is 9.22. The van der Waals surface area contributed by atoms with Crippen LogP contribution < -0.4 is 9.47 Å². The van der Waals surface area contributed by atoms with Gasteiger partial charge >= 0.3 is 0 Å². The quantitative estimate of drug-likeness (QED) is 0.411. The van der Waals surface area contributed by atoms with Crippen molar-refractivity contribution >= 4 is 21.5 Å². The molecule has 0 unspecified atom stereocenters. The first kappa shape index (κ1) is 15.3. The zero-order valence-corrected chi connectivity index (χ0v) is 14.7. The third-order valence-electron chi connectivity index (χ3n) is 5.07. The predicted octanol–water partition coefficient (Wildman–Crippen LogP) is 6.56. The van der Waals surface area contributed by atoms with Crippen LogP contribution in [-0.4, -0.2) is 6.29 Å². The molecule has 0 amide bonds. The van der Waals surface area contributed by atoms with Gasteiger partial charge in [0.15, 0.2) is 0 Å². The van der Waals surface area contributed by atoms with Crippen LogP contribution in [0.2, 0.25) is 0 Å². The van der Waals surface area contributed by atoms with Crippen molar-refractivity contribution in [1.29, 1.82) is 0 Å². The zero-order chi connectivity index (χ0) is 17.5. The fourth-order valence-corrected chi connectivity index (χ4v) is 3.88. The van der Waals surface area contributed by atoms with E-state index in [9.17, 15) is 0 Å². The van der Waals surface area contributed by atoms with Gasteiger partial charge in [-0.05, 0) is 40.1 Å². The Balaban J connectivity index is 1.91. The summed E-state index contributed by atoms with van der Waals surface area (Å²) in [6.07, 6.45) is 1.61. The van der Waals surface area contributed by atoms with Crippen molar-refractivity contribution in [2.24, 2.45) is 0 Å². The van der Waals surface area contributed by atoms with Crippen molar-refractivity contribution in [3.8, 4) is 22.6 Å². The van der Waals surface area contributed by atoms with Gasteiger partial charge in [-0.2, -0.15) is 0 Å². The van der Waals surface area contributed by atoms with E-state index in [1.165, 1.54) is 21.5 Å². The minimum Gasteiger partial charge on any atom is -0.454 e. The Morgan fingerprint density at radius 3 is 1.65 bits per heavy atom. The molecule has 0 saturated heterocycles. The number of benzene rings is 4. The molecule has 5 rings (SSSR count). The first-order valence-electron chi connectivity index (χ1n) is 9.22. The maximum atomic E-state index is 6.31. The Hall–Kier alpha value is -3.00. The lowest BCUT2D eigenvalue weighted by atomic mass is 9.92. The van der Waals surface area contributed by atoms with Crippen molar-refractivity contribution in [3.63, 3.8) is 0 Å². The van der Waals surface area contributed by atoms with E-state index in [-0.39, 0.29) is 6.29 Å². The van der Waals surface area contributed by atoms with Crippen LogP contribution in [-0.2, 0) is 0 Å². The van der Waals surface area contributed by atoms with Crippen LogP contribution in [0.4, 0.5) is 0 Å². The van der Waals surface area contributed by atoms with E-state index in [1.807, 2.05) is 0 Å². The van der Waals surface area contributed by atoms with Crippen LogP contribution in [0.1, 0.15) is 19.8 Å². The molecule has 0 atom stereocenters. The molecular weight excluding hydrogens is 320 g/mol. The number of hydrogen-bond acceptors (Lipinski definition) is 2. The molecule has 1 aliphatic heterocycles. The fraction of sp³-hybridized carbons (Fsp3) is 0.167. The van der Waals surface area contributed by atoms with E-state index in [0.717, 1.165) is 35.5 Å². The van der Waals surface area contributed by atoms with E-state index >= 15 is 0 Å². The topological polar surface area (TPSA) is 18.5 Å². The van der Waals surface area contributed by atoms with Crippen LogP contribution in [0.25, 0.3) is 32.7 Å². The van der Waals surface area contributed by atoms with Crippen LogP contribution in [0.5, 0.6) is 11.5 Å². The fourth-order valence-electron chi connectivity index (χ4n) is 3.88. The molecule has 2 nitrogen and oxygen atoms in total. The van der Waals surface area contributed by atoms with Crippen molar-refractivity contribution in [2.45, 2.75) is 26.1 Å². The van der Waals surface area contributed by atoms with Gasteiger partial charge in [-0.15, -0.1) is 0 Å². The van der Waals surface area contributed by atoms with Crippen molar-refractivity contribution in [3.05, 3.63) is 72.8 Å². The van der Waals surface area contributed by atoms with Gasteiger partial charge in [0.2, 0.25) is 6.29 Å². The summed E-state index contributed by atoms with van der Waals surface area (Å²) in [5.41, 5.74) is 2.27. The molecule has 0 N–H and O–H groups in total. The van der Waals surface area contributed by atoms with Gasteiger partial charge in [0.1, 0.15) is 11.5 Å². The van der Waals surface area contributed by atoms with Gasteiger partial charge in [0.05, 0.1) is 0 Å². The van der Waals surface area contributed by atoms with E-state index in [2.05, 4.69) is 79.7 Å². The highest BCUT2D eigenvalue weighted by atomic mass is 16.7. The van der Waals surface area contributed by atoms with E-state index < -0.39 is 0 Å². The summed E-state index contributed by atoms with van der Waals surface area (Å²) in [4.78, 5) is 0. The van der Waals surface area contributed by atoms with E-state index in [0.29, 0.717) is 0 Å². The molecule has 4 aromatic carbocycles. The summed E-state index contributed by atoms with van der Waals surface area (Å²) in [7, 11) is 0. The smallest absolute Gasteiger partial charge is 0.241 e. The molecule has 4 aromatic rings. The minimum atomic E-state index is -0.262. The highest BCUT2D eigenvalue weighted by molar-refractivity contribution is 6.09. The summed E-state index contributed by atoms with van der Waals surface area (Å²) in [5, 5.41) is 4.82. The molecular formula is C24H20O2. The van der Waals surface area contributed by atoms with E-state index in [4.69, 9.17) is 9.47 Å². The summed E-state index contributed by atoms with van der Waals surface area (Å²) < 4.78 is 12.6. The van der Waals surface area contributed by atoms with Gasteiger partial charge in [-0.3, -0.25) is 0 Å². The number of fused-ring (bicyclic) bond motifs is 7. The third kappa shape index (κ3) is 2.33. The normalized spacial score (nSPS) is 13.6. The van der Waals surface area contributed by atoms with E-state index in [1.54, 1.807) is 0 Å². The Labute approximate surface area is 153 Å². The third-order valence-corrected chi connectivity index (χ3v) is 5.07. The summed E-state index contributed by atoms with van der Waals surface area (Å²) in [6, 6.07) is 25.4. The second-order valence-electron chi connectivity index (χ2n) is 6.77. The summed E-state index contributed by atoms with van der Waals surface area (Å²) in [5.74, 6) is 1.80.